The van der Waals surface area contributed by atoms with Gasteiger partial charge in [0.15, 0.2) is 11.5 Å². The second kappa shape index (κ2) is 18.8. The summed E-state index contributed by atoms with van der Waals surface area (Å²) in [6.45, 7) is 9.61. The van der Waals surface area contributed by atoms with Crippen molar-refractivity contribution in [2.75, 3.05) is 26.9 Å². The van der Waals surface area contributed by atoms with Crippen LogP contribution in [0.5, 0.6) is 11.5 Å². The van der Waals surface area contributed by atoms with E-state index < -0.39 is 5.41 Å². The number of carbonyl (C=O) groups excluding carboxylic acids is 2. The SMILES string of the molecule is CCCCCC1CCC(COc2ccc(/C=C/C(=O)OCCCCCCOC(=O)C(C)(C)CC)cc2OC)CC1. The monoisotopic (exact) mass is 558 g/mol. The van der Waals surface area contributed by atoms with E-state index in [2.05, 4.69) is 6.92 Å². The molecule has 0 unspecified atom stereocenters. The summed E-state index contributed by atoms with van der Waals surface area (Å²) in [4.78, 5) is 24.1. The highest BCUT2D eigenvalue weighted by Gasteiger charge is 2.26. The molecule has 40 heavy (non-hydrogen) atoms. The second-order valence-corrected chi connectivity index (χ2v) is 11.9. The fourth-order valence-electron chi connectivity index (χ4n) is 4.93. The third kappa shape index (κ3) is 12.8. The molecule has 0 amide bonds. The normalized spacial score (nSPS) is 17.5. The first-order chi connectivity index (χ1) is 19.3. The van der Waals surface area contributed by atoms with Crippen molar-refractivity contribution in [2.24, 2.45) is 17.3 Å². The Morgan fingerprint density at radius 3 is 2.20 bits per heavy atom. The number of benzene rings is 1. The molecule has 1 aliphatic rings. The number of esters is 2. The van der Waals surface area contributed by atoms with Gasteiger partial charge in [-0.2, -0.15) is 0 Å². The first kappa shape index (κ1) is 33.7. The average molecular weight is 559 g/mol. The van der Waals surface area contributed by atoms with Crippen LogP contribution >= 0.6 is 0 Å². The summed E-state index contributed by atoms with van der Waals surface area (Å²) in [7, 11) is 1.64. The van der Waals surface area contributed by atoms with Crippen LogP contribution in [0.2, 0.25) is 0 Å². The third-order valence-electron chi connectivity index (χ3n) is 8.21. The highest BCUT2D eigenvalue weighted by Crippen LogP contribution is 2.34. The highest BCUT2D eigenvalue weighted by molar-refractivity contribution is 5.87. The molecule has 0 radical (unpaired) electrons. The summed E-state index contributed by atoms with van der Waals surface area (Å²) in [6, 6.07) is 5.74. The van der Waals surface area contributed by atoms with Crippen LogP contribution in [0, 0.1) is 17.3 Å². The van der Waals surface area contributed by atoms with E-state index in [-0.39, 0.29) is 11.9 Å². The zero-order valence-corrected chi connectivity index (χ0v) is 25.8. The van der Waals surface area contributed by atoms with Crippen LogP contribution in [0.25, 0.3) is 6.08 Å². The van der Waals surface area contributed by atoms with E-state index >= 15 is 0 Å². The molecule has 1 fully saturated rings. The van der Waals surface area contributed by atoms with Crippen LogP contribution in [0.1, 0.15) is 117 Å². The van der Waals surface area contributed by atoms with Crippen LogP contribution in [0.15, 0.2) is 24.3 Å². The van der Waals surface area contributed by atoms with Crippen molar-refractivity contribution >= 4 is 18.0 Å². The van der Waals surface area contributed by atoms with Crippen molar-refractivity contribution in [1.82, 2.24) is 0 Å². The van der Waals surface area contributed by atoms with Gasteiger partial charge in [0, 0.05) is 6.08 Å². The zero-order valence-electron chi connectivity index (χ0n) is 25.8. The maximum atomic E-state index is 12.1. The summed E-state index contributed by atoms with van der Waals surface area (Å²) in [6.07, 6.45) is 18.0. The lowest BCUT2D eigenvalue weighted by atomic mass is 9.80. The molecule has 1 aromatic carbocycles. The standard InChI is InChI=1S/C34H54O6/c1-6-8-11-14-27-15-17-29(18-16-27)26-40-30-21-19-28(25-31(30)37-5)20-22-32(35)38-23-12-9-10-13-24-39-33(36)34(3,4)7-2/h19-22,25,27,29H,6-18,23-24,26H2,1-5H3/b22-20+. The predicted octanol–water partition coefficient (Wildman–Crippen LogP) is 8.56. The van der Waals surface area contributed by atoms with E-state index in [4.69, 9.17) is 18.9 Å². The lowest BCUT2D eigenvalue weighted by Gasteiger charge is -2.28. The molecule has 0 bridgehead atoms. The molecule has 1 aliphatic carbocycles. The van der Waals surface area contributed by atoms with E-state index in [1.165, 1.54) is 57.4 Å². The molecule has 6 nitrogen and oxygen atoms in total. The van der Waals surface area contributed by atoms with Crippen molar-refractivity contribution in [1.29, 1.82) is 0 Å². The molecule has 0 N–H and O–H groups in total. The average Bonchev–Trinajstić information content (AvgIpc) is 2.97. The molecule has 0 aliphatic heterocycles. The van der Waals surface area contributed by atoms with E-state index in [9.17, 15) is 9.59 Å². The fraction of sp³-hybridized carbons (Fsp3) is 0.706. The lowest BCUT2D eigenvalue weighted by molar-refractivity contribution is -0.154. The van der Waals surface area contributed by atoms with Gasteiger partial charge in [0.2, 0.25) is 0 Å². The Morgan fingerprint density at radius 2 is 1.55 bits per heavy atom. The highest BCUT2D eigenvalue weighted by atomic mass is 16.5. The molecular weight excluding hydrogens is 504 g/mol. The van der Waals surface area contributed by atoms with E-state index in [1.807, 2.05) is 39.0 Å². The molecule has 6 heteroatoms. The molecule has 0 heterocycles. The van der Waals surface area contributed by atoms with Gasteiger partial charge in [-0.05, 0) is 94.4 Å². The van der Waals surface area contributed by atoms with Gasteiger partial charge in [-0.1, -0.05) is 58.4 Å². The van der Waals surface area contributed by atoms with Gasteiger partial charge in [0.25, 0.3) is 0 Å². The number of carbonyl (C=O) groups is 2. The van der Waals surface area contributed by atoms with Gasteiger partial charge in [-0.3, -0.25) is 4.79 Å². The molecule has 2 rings (SSSR count). The minimum absolute atomic E-state index is 0.138. The fourth-order valence-corrected chi connectivity index (χ4v) is 4.93. The van der Waals surface area contributed by atoms with Gasteiger partial charge >= 0.3 is 11.9 Å². The molecule has 226 valence electrons. The Kier molecular flexibility index (Phi) is 15.8. The summed E-state index contributed by atoms with van der Waals surface area (Å²) < 4.78 is 22.4. The number of rotatable bonds is 19. The van der Waals surface area contributed by atoms with Gasteiger partial charge in [0.05, 0.1) is 32.3 Å². The number of methoxy groups -OCH3 is 1. The molecular formula is C34H54O6. The Labute approximate surface area is 243 Å². The van der Waals surface area contributed by atoms with E-state index in [0.29, 0.717) is 24.9 Å². The van der Waals surface area contributed by atoms with E-state index in [0.717, 1.165) is 55.9 Å². The van der Waals surface area contributed by atoms with Crippen molar-refractivity contribution in [3.63, 3.8) is 0 Å². The van der Waals surface area contributed by atoms with Gasteiger partial charge < -0.3 is 18.9 Å². The molecule has 0 aromatic heterocycles. The molecule has 0 atom stereocenters. The van der Waals surface area contributed by atoms with Gasteiger partial charge in [-0.25, -0.2) is 4.79 Å². The number of ether oxygens (including phenoxy) is 4. The molecule has 1 aromatic rings. The Bertz CT molecular complexity index is 898. The first-order valence-electron chi connectivity index (χ1n) is 15.6. The first-order valence-corrected chi connectivity index (χ1v) is 15.6. The summed E-state index contributed by atoms with van der Waals surface area (Å²) in [5.41, 5.74) is 0.434. The topological polar surface area (TPSA) is 71.1 Å². The van der Waals surface area contributed by atoms with Crippen LogP contribution in [-0.2, 0) is 19.1 Å². The summed E-state index contributed by atoms with van der Waals surface area (Å²) in [5, 5.41) is 0. The Morgan fingerprint density at radius 1 is 0.875 bits per heavy atom. The van der Waals surface area contributed by atoms with Crippen molar-refractivity contribution in [3.05, 3.63) is 29.8 Å². The van der Waals surface area contributed by atoms with Crippen LogP contribution in [0.3, 0.4) is 0 Å². The van der Waals surface area contributed by atoms with Crippen molar-refractivity contribution < 1.29 is 28.5 Å². The molecule has 0 spiro atoms. The van der Waals surface area contributed by atoms with Crippen molar-refractivity contribution in [2.45, 2.75) is 111 Å². The predicted molar refractivity (Wildman–Crippen MR) is 162 cm³/mol. The Balaban J connectivity index is 1.63. The maximum Gasteiger partial charge on any atom is 0.330 e. The van der Waals surface area contributed by atoms with Gasteiger partial charge in [0.1, 0.15) is 0 Å². The lowest BCUT2D eigenvalue weighted by Crippen LogP contribution is -2.26. The molecule has 0 saturated heterocycles. The van der Waals surface area contributed by atoms with Crippen LogP contribution < -0.4 is 9.47 Å². The minimum Gasteiger partial charge on any atom is -0.493 e. The second-order valence-electron chi connectivity index (χ2n) is 11.9. The van der Waals surface area contributed by atoms with Crippen LogP contribution in [-0.4, -0.2) is 38.9 Å². The number of hydrogen-bond donors (Lipinski definition) is 0. The molecule has 1 saturated carbocycles. The third-order valence-corrected chi connectivity index (χ3v) is 8.21. The summed E-state index contributed by atoms with van der Waals surface area (Å²) in [5.74, 6) is 2.43. The number of hydrogen-bond acceptors (Lipinski definition) is 6. The van der Waals surface area contributed by atoms with Crippen molar-refractivity contribution in [3.8, 4) is 11.5 Å². The smallest absolute Gasteiger partial charge is 0.330 e. The Hall–Kier alpha value is -2.50. The largest absolute Gasteiger partial charge is 0.493 e. The summed E-state index contributed by atoms with van der Waals surface area (Å²) >= 11 is 0. The quantitative estimate of drug-likeness (QED) is 0.0962. The minimum atomic E-state index is -0.422. The zero-order chi connectivity index (χ0) is 29.2. The maximum absolute atomic E-state index is 12.1. The van der Waals surface area contributed by atoms with Gasteiger partial charge in [-0.15, -0.1) is 0 Å². The van der Waals surface area contributed by atoms with E-state index in [1.54, 1.807) is 13.2 Å². The van der Waals surface area contributed by atoms with Crippen LogP contribution in [0.4, 0.5) is 0 Å². The number of unbranched alkanes of at least 4 members (excludes halogenated alkanes) is 5.